The molecule has 0 amide bonds. The Labute approximate surface area is 180 Å². The van der Waals surface area contributed by atoms with E-state index in [1.54, 1.807) is 11.8 Å². The summed E-state index contributed by atoms with van der Waals surface area (Å²) in [6.45, 7) is 2.58. The van der Waals surface area contributed by atoms with Crippen molar-refractivity contribution in [3.05, 3.63) is 45.2 Å². The topological polar surface area (TPSA) is 63.5 Å². The Kier molecular flexibility index (Phi) is 5.37. The van der Waals surface area contributed by atoms with Crippen LogP contribution in [0.25, 0.3) is 0 Å². The summed E-state index contributed by atoms with van der Waals surface area (Å²) >= 11 is 5.89. The first-order valence-electron chi connectivity index (χ1n) is 9.62. The zero-order chi connectivity index (χ0) is 22.6. The normalized spacial score (nSPS) is 23.9. The third-order valence-corrected chi connectivity index (χ3v) is 5.97. The van der Waals surface area contributed by atoms with Crippen molar-refractivity contribution in [3.63, 3.8) is 0 Å². The average molecular weight is 462 g/mol. The van der Waals surface area contributed by atoms with Gasteiger partial charge < -0.3 is 14.5 Å². The van der Waals surface area contributed by atoms with Gasteiger partial charge in [-0.15, -0.1) is 0 Å². The molecule has 0 radical (unpaired) electrons. The molecular weight excluding hydrogens is 442 g/mol. The highest BCUT2D eigenvalue weighted by molar-refractivity contribution is 6.29. The van der Waals surface area contributed by atoms with Crippen LogP contribution in [0.3, 0.4) is 0 Å². The van der Waals surface area contributed by atoms with Crippen molar-refractivity contribution < 1.29 is 22.3 Å². The van der Waals surface area contributed by atoms with Gasteiger partial charge in [0.25, 0.3) is 5.56 Å². The third-order valence-electron chi connectivity index (χ3n) is 5.76. The highest BCUT2D eigenvalue weighted by atomic mass is 35.5. The van der Waals surface area contributed by atoms with Crippen LogP contribution in [0, 0.1) is 5.82 Å². The first-order valence-corrected chi connectivity index (χ1v) is 10.0. The van der Waals surface area contributed by atoms with Gasteiger partial charge in [-0.25, -0.2) is 4.98 Å². The van der Waals surface area contributed by atoms with Crippen molar-refractivity contribution in [2.45, 2.75) is 44.7 Å². The summed E-state index contributed by atoms with van der Waals surface area (Å²) in [6.07, 6.45) is -3.34. The third kappa shape index (κ3) is 3.63. The van der Waals surface area contributed by atoms with Gasteiger partial charge in [0.05, 0.1) is 25.8 Å². The number of rotatable bonds is 3. The molecule has 7 nitrogen and oxygen atoms in total. The Bertz CT molecular complexity index is 1060. The molecule has 0 aliphatic carbocycles. The average Bonchev–Trinajstić information content (AvgIpc) is 2.99. The molecule has 0 saturated carbocycles. The minimum absolute atomic E-state index is 0.123. The van der Waals surface area contributed by atoms with Gasteiger partial charge >= 0.3 is 6.18 Å². The number of fused-ring (bicyclic) bond motifs is 1. The van der Waals surface area contributed by atoms with Crippen LogP contribution in [0.2, 0.25) is 5.15 Å². The van der Waals surface area contributed by atoms with Crippen LogP contribution in [0.15, 0.2) is 23.1 Å². The van der Waals surface area contributed by atoms with Crippen molar-refractivity contribution >= 4 is 23.4 Å². The summed E-state index contributed by atoms with van der Waals surface area (Å²) in [7, 11) is 0. The molecule has 1 unspecified atom stereocenters. The van der Waals surface area contributed by atoms with Gasteiger partial charge in [0.2, 0.25) is 11.8 Å². The van der Waals surface area contributed by atoms with Gasteiger partial charge in [-0.3, -0.25) is 9.36 Å². The molecule has 0 N–H and O–H groups in total. The number of anilines is 2. The van der Waals surface area contributed by atoms with Crippen molar-refractivity contribution in [1.29, 1.82) is 0 Å². The van der Waals surface area contributed by atoms with E-state index in [0.717, 1.165) is 16.4 Å². The molecule has 1 saturated heterocycles. The molecule has 2 atom stereocenters. The molecule has 0 spiro atoms. The first-order chi connectivity index (χ1) is 14.5. The molecule has 31 heavy (non-hydrogen) atoms. The molecule has 2 aromatic rings. The number of halogens is 5. The largest absolute Gasteiger partial charge is 0.413 e. The zero-order valence-corrected chi connectivity index (χ0v) is 17.5. The quantitative estimate of drug-likeness (QED) is 0.517. The molecule has 4 heterocycles. The van der Waals surface area contributed by atoms with Crippen LogP contribution >= 0.6 is 11.6 Å². The van der Waals surface area contributed by atoms with Crippen molar-refractivity contribution in [3.8, 4) is 0 Å². The number of alkyl halides is 3. The second kappa shape index (κ2) is 7.63. The maximum Gasteiger partial charge on any atom is 0.413 e. The Morgan fingerprint density at radius 2 is 2.13 bits per heavy atom. The summed E-state index contributed by atoms with van der Waals surface area (Å²) in [4.78, 5) is 23.4. The summed E-state index contributed by atoms with van der Waals surface area (Å²) in [5.74, 6) is -1.68. The highest BCUT2D eigenvalue weighted by Gasteiger charge is 2.60. The van der Waals surface area contributed by atoms with Crippen molar-refractivity contribution in [2.75, 3.05) is 29.6 Å². The zero-order valence-electron chi connectivity index (χ0n) is 16.8. The lowest BCUT2D eigenvalue weighted by atomic mass is 10.00. The monoisotopic (exact) mass is 461 g/mol. The van der Waals surface area contributed by atoms with Gasteiger partial charge in [0.15, 0.2) is 11.4 Å². The predicted octanol–water partition coefficient (Wildman–Crippen LogP) is 3.00. The van der Waals surface area contributed by atoms with E-state index in [-0.39, 0.29) is 36.1 Å². The van der Waals surface area contributed by atoms with E-state index in [9.17, 15) is 22.4 Å². The maximum absolute atomic E-state index is 15.0. The van der Waals surface area contributed by atoms with Gasteiger partial charge in [0, 0.05) is 19.3 Å². The Morgan fingerprint density at radius 3 is 2.77 bits per heavy atom. The number of ether oxygens (including phenoxy) is 1. The summed E-state index contributed by atoms with van der Waals surface area (Å²) in [6, 6.07) is 2.67. The Balaban J connectivity index is 1.86. The lowest BCUT2D eigenvalue weighted by Gasteiger charge is -2.37. The summed E-state index contributed by atoms with van der Waals surface area (Å²) < 4.78 is 63.5. The van der Waals surface area contributed by atoms with Gasteiger partial charge in [-0.1, -0.05) is 11.6 Å². The van der Waals surface area contributed by atoms with E-state index in [4.69, 9.17) is 16.3 Å². The number of nitrogens with zero attached hydrogens (tertiary/aromatic N) is 5. The Hall–Kier alpha value is -2.40. The molecule has 12 heteroatoms. The fourth-order valence-electron chi connectivity index (χ4n) is 3.92. The molecule has 4 rings (SSSR count). The molecule has 2 aliphatic rings. The van der Waals surface area contributed by atoms with Crippen molar-refractivity contribution in [1.82, 2.24) is 14.5 Å². The molecule has 0 bridgehead atoms. The Morgan fingerprint density at radius 1 is 1.39 bits per heavy atom. The number of hydrogen-bond acceptors (Lipinski definition) is 6. The predicted molar refractivity (Wildman–Crippen MR) is 106 cm³/mol. The second-order valence-electron chi connectivity index (χ2n) is 7.90. The standard InChI is InChI=1S/C19H20ClF4N5O2/c1-11-9-31-6-5-27(11)15-14(21)16(30)28-10-18(2,19(22,23)24)29(17(28)26-15)8-12-3-4-25-13(20)7-12/h3-4,7,11H,5-6,8-10H2,1-2H3/t11?,18-/m0/s1. The minimum Gasteiger partial charge on any atom is -0.377 e. The second-order valence-corrected chi connectivity index (χ2v) is 8.29. The number of aromatic nitrogens is 3. The lowest BCUT2D eigenvalue weighted by molar-refractivity contribution is -0.182. The maximum atomic E-state index is 15.0. The number of pyridine rings is 1. The van der Waals surface area contributed by atoms with Gasteiger partial charge in [0.1, 0.15) is 5.15 Å². The smallest absolute Gasteiger partial charge is 0.377 e. The van der Waals surface area contributed by atoms with Crippen LogP contribution in [-0.4, -0.2) is 52.1 Å². The van der Waals surface area contributed by atoms with Gasteiger partial charge in [-0.05, 0) is 31.5 Å². The minimum atomic E-state index is -4.72. The molecule has 0 aromatic carbocycles. The summed E-state index contributed by atoms with van der Waals surface area (Å²) in [5, 5.41) is 0.123. The van der Waals surface area contributed by atoms with E-state index >= 15 is 0 Å². The molecule has 168 valence electrons. The van der Waals surface area contributed by atoms with E-state index in [1.165, 1.54) is 18.3 Å². The lowest BCUT2D eigenvalue weighted by Crippen LogP contribution is -2.55. The first kappa shape index (κ1) is 21.8. The molecule has 2 aromatic heterocycles. The van der Waals surface area contributed by atoms with Crippen LogP contribution in [-0.2, 0) is 17.8 Å². The summed E-state index contributed by atoms with van der Waals surface area (Å²) in [5.41, 5.74) is -3.16. The van der Waals surface area contributed by atoms with Gasteiger partial charge in [-0.2, -0.15) is 22.5 Å². The van der Waals surface area contributed by atoms with E-state index in [2.05, 4.69) is 9.97 Å². The van der Waals surface area contributed by atoms with Crippen LogP contribution in [0.1, 0.15) is 19.4 Å². The SMILES string of the molecule is CC1COCCN1c1nc2n(c(=O)c1F)C[C@@](C)(C(F)(F)F)N2Cc1ccnc(Cl)c1. The van der Waals surface area contributed by atoms with E-state index in [0.29, 0.717) is 18.8 Å². The van der Waals surface area contributed by atoms with Crippen LogP contribution in [0.5, 0.6) is 0 Å². The molecule has 2 aliphatic heterocycles. The van der Waals surface area contributed by atoms with Crippen molar-refractivity contribution in [2.24, 2.45) is 0 Å². The molecule has 1 fully saturated rings. The fraction of sp³-hybridized carbons (Fsp3) is 0.526. The fourth-order valence-corrected chi connectivity index (χ4v) is 4.11. The van der Waals surface area contributed by atoms with Crippen LogP contribution < -0.4 is 15.4 Å². The number of hydrogen-bond donors (Lipinski definition) is 0. The van der Waals surface area contributed by atoms with Crippen LogP contribution in [0.4, 0.5) is 29.3 Å². The van der Waals surface area contributed by atoms with E-state index < -0.39 is 29.6 Å². The highest BCUT2D eigenvalue weighted by Crippen LogP contribution is 2.44. The molecular formula is C19H20ClF4N5O2. The van der Waals surface area contributed by atoms with E-state index in [1.807, 2.05) is 0 Å². The number of morpholine rings is 1.